The molecule has 8 nitrogen and oxygen atoms in total. The minimum Gasteiger partial charge on any atom is -0.378 e. The van der Waals surface area contributed by atoms with Gasteiger partial charge in [-0.3, -0.25) is 9.59 Å². The lowest BCUT2D eigenvalue weighted by Crippen LogP contribution is -2.42. The topological polar surface area (TPSA) is 119 Å². The van der Waals surface area contributed by atoms with Crippen molar-refractivity contribution in [2.45, 2.75) is 17.7 Å². The van der Waals surface area contributed by atoms with Gasteiger partial charge in [-0.15, -0.1) is 0 Å². The lowest BCUT2D eigenvalue weighted by Gasteiger charge is -2.26. The lowest BCUT2D eigenvalue weighted by molar-refractivity contribution is -0.139. The van der Waals surface area contributed by atoms with E-state index in [0.717, 1.165) is 5.56 Å². The van der Waals surface area contributed by atoms with Crippen molar-refractivity contribution >= 4 is 21.8 Å². The molecule has 1 aromatic carbocycles. The summed E-state index contributed by atoms with van der Waals surface area (Å²) in [4.78, 5) is 25.4. The summed E-state index contributed by atoms with van der Waals surface area (Å²) in [5, 5.41) is 7.71. The van der Waals surface area contributed by atoms with Crippen LogP contribution < -0.4 is 10.5 Å². The number of carbonyl (C=O) groups is 2. The third-order valence-electron chi connectivity index (χ3n) is 3.66. The Labute approximate surface area is 141 Å². The highest BCUT2D eigenvalue weighted by atomic mass is 32.2. The van der Waals surface area contributed by atoms with Gasteiger partial charge in [-0.1, -0.05) is 12.1 Å². The van der Waals surface area contributed by atoms with Gasteiger partial charge >= 0.3 is 0 Å². The van der Waals surface area contributed by atoms with Crippen molar-refractivity contribution in [3.8, 4) is 0 Å². The molecule has 1 saturated heterocycles. The first kappa shape index (κ1) is 18.4. The van der Waals surface area contributed by atoms with Crippen molar-refractivity contribution in [3.63, 3.8) is 0 Å². The average Bonchev–Trinajstić information content (AvgIpc) is 2.55. The van der Waals surface area contributed by atoms with Crippen LogP contribution in [0.3, 0.4) is 0 Å². The number of amides is 2. The molecule has 1 fully saturated rings. The van der Waals surface area contributed by atoms with Crippen LogP contribution >= 0.6 is 0 Å². The van der Waals surface area contributed by atoms with Gasteiger partial charge < -0.3 is 15.0 Å². The van der Waals surface area contributed by atoms with Gasteiger partial charge in [0.05, 0.1) is 18.1 Å². The quantitative estimate of drug-likeness (QED) is 0.650. The molecular weight excluding hydrogens is 334 g/mol. The second-order valence-corrected chi connectivity index (χ2v) is 7.02. The van der Waals surface area contributed by atoms with Crippen LogP contribution in [0.2, 0.25) is 0 Å². The monoisotopic (exact) mass is 355 g/mol. The lowest BCUT2D eigenvalue weighted by atomic mass is 10.1. The summed E-state index contributed by atoms with van der Waals surface area (Å²) in [6.45, 7) is 2.40. The van der Waals surface area contributed by atoms with E-state index in [9.17, 15) is 18.0 Å². The highest BCUT2D eigenvalue weighted by molar-refractivity contribution is 7.89. The van der Waals surface area contributed by atoms with Gasteiger partial charge in [-0.05, 0) is 24.1 Å². The molecule has 24 heavy (non-hydrogen) atoms. The summed E-state index contributed by atoms with van der Waals surface area (Å²) in [5.74, 6) is -0.527. The summed E-state index contributed by atoms with van der Waals surface area (Å²) in [5.41, 5.74) is 0.863. The molecule has 0 bridgehead atoms. The predicted octanol–water partition coefficient (Wildman–Crippen LogP) is -0.758. The number of hydrogen-bond acceptors (Lipinski definition) is 5. The zero-order valence-electron chi connectivity index (χ0n) is 13.2. The van der Waals surface area contributed by atoms with Crippen LogP contribution in [0.4, 0.5) is 0 Å². The van der Waals surface area contributed by atoms with Gasteiger partial charge in [-0.2, -0.15) is 0 Å². The van der Waals surface area contributed by atoms with Gasteiger partial charge in [0.1, 0.15) is 6.42 Å². The van der Waals surface area contributed by atoms with E-state index in [-0.39, 0.29) is 23.1 Å². The van der Waals surface area contributed by atoms with E-state index in [1.54, 1.807) is 17.0 Å². The minimum absolute atomic E-state index is 0.0476. The number of rotatable bonds is 6. The van der Waals surface area contributed by atoms with Crippen LogP contribution in [-0.2, 0) is 30.8 Å². The molecule has 9 heteroatoms. The molecule has 3 N–H and O–H groups in total. The highest BCUT2D eigenvalue weighted by Crippen LogP contribution is 2.09. The third-order valence-corrected chi connectivity index (χ3v) is 4.59. The maximum Gasteiger partial charge on any atom is 0.238 e. The molecule has 132 valence electrons. The number of primary sulfonamides is 1. The van der Waals surface area contributed by atoms with Crippen LogP contribution in [0.1, 0.15) is 12.0 Å². The van der Waals surface area contributed by atoms with Gasteiger partial charge in [0.2, 0.25) is 21.8 Å². The number of morpholine rings is 1. The van der Waals surface area contributed by atoms with Gasteiger partial charge in [0.25, 0.3) is 0 Å². The fourth-order valence-corrected chi connectivity index (χ4v) is 2.83. The summed E-state index contributed by atoms with van der Waals surface area (Å²) in [6.07, 6.45) is 0.354. The molecule has 0 radical (unpaired) electrons. The smallest absolute Gasteiger partial charge is 0.238 e. The fourth-order valence-electron chi connectivity index (χ4n) is 2.32. The second kappa shape index (κ2) is 8.22. The Balaban J connectivity index is 1.73. The van der Waals surface area contributed by atoms with E-state index in [4.69, 9.17) is 9.88 Å². The first-order valence-corrected chi connectivity index (χ1v) is 9.15. The zero-order chi connectivity index (χ0) is 17.6. The predicted molar refractivity (Wildman–Crippen MR) is 86.5 cm³/mol. The number of benzene rings is 1. The molecule has 1 aliphatic rings. The van der Waals surface area contributed by atoms with Gasteiger partial charge in [0.15, 0.2) is 0 Å². The van der Waals surface area contributed by atoms with E-state index in [2.05, 4.69) is 5.32 Å². The largest absolute Gasteiger partial charge is 0.378 e. The molecule has 1 aromatic rings. The molecule has 0 atom stereocenters. The van der Waals surface area contributed by atoms with E-state index in [0.29, 0.717) is 39.3 Å². The van der Waals surface area contributed by atoms with Crippen LogP contribution in [-0.4, -0.2) is 58.0 Å². The Kier molecular flexibility index (Phi) is 6.29. The van der Waals surface area contributed by atoms with Gasteiger partial charge in [-0.25, -0.2) is 13.6 Å². The molecule has 1 aliphatic heterocycles. The Hall–Kier alpha value is -1.97. The molecule has 2 rings (SSSR count). The summed E-state index contributed by atoms with van der Waals surface area (Å²) < 4.78 is 27.5. The third kappa shape index (κ3) is 5.59. The van der Waals surface area contributed by atoms with Crippen LogP contribution in [0.5, 0.6) is 0 Å². The summed E-state index contributed by atoms with van der Waals surface area (Å²) in [7, 11) is -3.70. The number of nitrogens with one attached hydrogen (secondary N) is 1. The Morgan fingerprint density at radius 1 is 1.17 bits per heavy atom. The van der Waals surface area contributed by atoms with E-state index >= 15 is 0 Å². The molecule has 0 aliphatic carbocycles. The normalized spacial score (nSPS) is 15.1. The fraction of sp³-hybridized carbons (Fsp3) is 0.467. The SMILES string of the molecule is NS(=O)(=O)c1ccc(CCNC(=O)CC(=O)N2CCOCC2)cc1. The van der Waals surface area contributed by atoms with Gasteiger partial charge in [0, 0.05) is 19.6 Å². The maximum atomic E-state index is 11.9. The molecule has 2 amide bonds. The van der Waals surface area contributed by atoms with Crippen molar-refractivity contribution in [1.29, 1.82) is 0 Å². The van der Waals surface area contributed by atoms with Crippen LogP contribution in [0.25, 0.3) is 0 Å². The van der Waals surface area contributed by atoms with E-state index in [1.807, 2.05) is 0 Å². The first-order valence-electron chi connectivity index (χ1n) is 7.60. The van der Waals surface area contributed by atoms with Crippen LogP contribution in [0.15, 0.2) is 29.2 Å². The summed E-state index contributed by atoms with van der Waals surface area (Å²) >= 11 is 0. The number of carbonyl (C=O) groups excluding carboxylic acids is 2. The number of ether oxygens (including phenoxy) is 1. The van der Waals surface area contributed by atoms with Crippen molar-refractivity contribution in [1.82, 2.24) is 10.2 Å². The molecule has 1 heterocycles. The molecule has 0 aromatic heterocycles. The molecule has 0 saturated carbocycles. The maximum absolute atomic E-state index is 11.9. The van der Waals surface area contributed by atoms with Crippen LogP contribution in [0, 0.1) is 0 Å². The Bertz CT molecular complexity index is 682. The Morgan fingerprint density at radius 3 is 2.38 bits per heavy atom. The number of sulfonamides is 1. The molecule has 0 unspecified atom stereocenters. The first-order chi connectivity index (χ1) is 11.4. The average molecular weight is 355 g/mol. The zero-order valence-corrected chi connectivity index (χ0v) is 14.0. The molecule has 0 spiro atoms. The van der Waals surface area contributed by atoms with Crippen molar-refractivity contribution in [2.24, 2.45) is 5.14 Å². The van der Waals surface area contributed by atoms with Crippen molar-refractivity contribution in [2.75, 3.05) is 32.8 Å². The highest BCUT2D eigenvalue weighted by Gasteiger charge is 2.19. The number of nitrogens with two attached hydrogens (primary N) is 1. The minimum atomic E-state index is -3.70. The second-order valence-electron chi connectivity index (χ2n) is 5.46. The van der Waals surface area contributed by atoms with Crippen molar-refractivity contribution in [3.05, 3.63) is 29.8 Å². The van der Waals surface area contributed by atoms with E-state index in [1.165, 1.54) is 12.1 Å². The number of nitrogens with zero attached hydrogens (tertiary/aromatic N) is 1. The van der Waals surface area contributed by atoms with Crippen molar-refractivity contribution < 1.29 is 22.7 Å². The number of hydrogen-bond donors (Lipinski definition) is 2. The standard InChI is InChI=1S/C15H21N3O5S/c16-24(21,22)13-3-1-12(2-4-13)5-6-17-14(19)11-15(20)18-7-9-23-10-8-18/h1-4H,5-11H2,(H,17,19)(H2,16,21,22). The Morgan fingerprint density at radius 2 is 1.79 bits per heavy atom. The summed E-state index contributed by atoms with van der Waals surface area (Å²) in [6, 6.07) is 6.14. The van der Waals surface area contributed by atoms with E-state index < -0.39 is 10.0 Å². The molecular formula is C15H21N3O5S.